The normalized spacial score (nSPS) is 18.6. The third kappa shape index (κ3) is 3.32. The van der Waals surface area contributed by atoms with Gasteiger partial charge in [-0.25, -0.2) is 14.5 Å². The number of imidazole rings is 1. The molecule has 0 radical (unpaired) electrons. The number of rotatable bonds is 4. The molecule has 130 valence electrons. The van der Waals surface area contributed by atoms with Gasteiger partial charge in [-0.15, -0.1) is 5.10 Å². The largest absolute Gasteiger partial charge is 0.476 e. The Bertz CT molecular complexity index is 881. The zero-order valence-corrected chi connectivity index (χ0v) is 14.1. The number of hydrogen-bond donors (Lipinski definition) is 0. The van der Waals surface area contributed by atoms with E-state index in [-0.39, 0.29) is 0 Å². The lowest BCUT2D eigenvalue weighted by Gasteiger charge is -2.29. The van der Waals surface area contributed by atoms with Crippen LogP contribution in [0.15, 0.2) is 36.7 Å². The van der Waals surface area contributed by atoms with E-state index in [0.29, 0.717) is 35.3 Å². The van der Waals surface area contributed by atoms with Crippen molar-refractivity contribution in [3.05, 3.63) is 42.6 Å². The van der Waals surface area contributed by atoms with E-state index < -0.39 is 5.95 Å². The predicted octanol–water partition coefficient (Wildman–Crippen LogP) is 2.65. The zero-order valence-electron chi connectivity index (χ0n) is 14.1. The minimum absolute atomic E-state index is 0.369. The summed E-state index contributed by atoms with van der Waals surface area (Å²) in [5.74, 6) is 0.487. The molecule has 1 aliphatic heterocycles. The Kier molecular flexibility index (Phi) is 4.31. The van der Waals surface area contributed by atoms with E-state index in [0.717, 1.165) is 13.1 Å². The molecule has 3 aromatic rings. The molecule has 25 heavy (non-hydrogen) atoms. The van der Waals surface area contributed by atoms with Gasteiger partial charge in [0.05, 0.1) is 24.1 Å². The van der Waals surface area contributed by atoms with Gasteiger partial charge in [0.15, 0.2) is 5.65 Å². The van der Waals surface area contributed by atoms with E-state index in [1.165, 1.54) is 19.0 Å². The summed E-state index contributed by atoms with van der Waals surface area (Å²) >= 11 is 0. The molecule has 1 atom stereocenters. The van der Waals surface area contributed by atoms with Crippen LogP contribution in [0, 0.1) is 11.9 Å². The highest BCUT2D eigenvalue weighted by Gasteiger charge is 2.18. The van der Waals surface area contributed by atoms with Crippen LogP contribution in [0.1, 0.15) is 12.8 Å². The fourth-order valence-electron chi connectivity index (χ4n) is 3.31. The molecule has 7 heteroatoms. The minimum atomic E-state index is -0.539. The van der Waals surface area contributed by atoms with Gasteiger partial charge in [0.25, 0.3) is 0 Å². The first kappa shape index (κ1) is 16.0. The van der Waals surface area contributed by atoms with Gasteiger partial charge in [0.2, 0.25) is 11.8 Å². The molecule has 1 unspecified atom stereocenters. The lowest BCUT2D eigenvalue weighted by Crippen LogP contribution is -2.34. The average Bonchev–Trinajstić information content (AvgIpc) is 3.03. The van der Waals surface area contributed by atoms with E-state index in [1.807, 2.05) is 6.07 Å². The number of piperidine rings is 1. The summed E-state index contributed by atoms with van der Waals surface area (Å²) in [7, 11) is 2.14. The second-order valence-electron chi connectivity index (χ2n) is 6.51. The van der Waals surface area contributed by atoms with Gasteiger partial charge in [-0.05, 0) is 44.6 Å². The number of nitrogens with zero attached hydrogens (tertiary/aromatic N) is 5. The van der Waals surface area contributed by atoms with E-state index in [9.17, 15) is 4.39 Å². The standard InChI is InChI=1S/C18H20FN5O/c1-23-9-3-4-13(11-23)12-25-17-7-6-16-21-10-15(24(16)22-17)14-5-2-8-20-18(14)19/h2,5-8,10,13H,3-4,9,11-12H2,1H3. The van der Waals surface area contributed by atoms with Crippen LogP contribution in [0.2, 0.25) is 0 Å². The summed E-state index contributed by atoms with van der Waals surface area (Å²) < 4.78 is 21.5. The zero-order chi connectivity index (χ0) is 17.2. The highest BCUT2D eigenvalue weighted by Crippen LogP contribution is 2.23. The van der Waals surface area contributed by atoms with Crippen LogP contribution in [0.4, 0.5) is 4.39 Å². The molecule has 0 spiro atoms. The van der Waals surface area contributed by atoms with Crippen LogP contribution in [-0.2, 0) is 0 Å². The molecule has 1 saturated heterocycles. The summed E-state index contributed by atoms with van der Waals surface area (Å²) in [4.78, 5) is 10.3. The number of hydrogen-bond acceptors (Lipinski definition) is 5. The maximum atomic E-state index is 14.0. The van der Waals surface area contributed by atoms with Gasteiger partial charge in [0.1, 0.15) is 0 Å². The average molecular weight is 341 g/mol. The van der Waals surface area contributed by atoms with Gasteiger partial charge in [-0.1, -0.05) is 0 Å². The molecule has 0 saturated carbocycles. The van der Waals surface area contributed by atoms with Crippen LogP contribution in [0.25, 0.3) is 16.9 Å². The molecule has 3 aromatic heterocycles. The van der Waals surface area contributed by atoms with E-state index in [2.05, 4.69) is 27.0 Å². The van der Waals surface area contributed by atoms with Gasteiger partial charge in [0, 0.05) is 24.7 Å². The third-order valence-corrected chi connectivity index (χ3v) is 4.56. The molecule has 1 fully saturated rings. The number of ether oxygens (including phenoxy) is 1. The summed E-state index contributed by atoms with van der Waals surface area (Å²) in [6.45, 7) is 2.82. The summed E-state index contributed by atoms with van der Waals surface area (Å²) in [5.41, 5.74) is 1.57. The SMILES string of the molecule is CN1CCCC(COc2ccc3ncc(-c4cccnc4F)n3n2)C1. The molecule has 4 rings (SSSR count). The Hall–Kier alpha value is -2.54. The number of likely N-dealkylation sites (tertiary alicyclic amines) is 1. The van der Waals surface area contributed by atoms with Crippen LogP contribution in [0.5, 0.6) is 5.88 Å². The second kappa shape index (κ2) is 6.76. The van der Waals surface area contributed by atoms with E-state index >= 15 is 0 Å². The molecule has 0 aromatic carbocycles. The Morgan fingerprint density at radius 2 is 2.20 bits per heavy atom. The van der Waals surface area contributed by atoms with Crippen LogP contribution >= 0.6 is 0 Å². The van der Waals surface area contributed by atoms with Crippen molar-refractivity contribution in [2.45, 2.75) is 12.8 Å². The topological polar surface area (TPSA) is 55.5 Å². The molecule has 0 bridgehead atoms. The Balaban J connectivity index is 1.57. The maximum Gasteiger partial charge on any atom is 0.231 e. The van der Waals surface area contributed by atoms with Crippen LogP contribution in [-0.4, -0.2) is 51.2 Å². The van der Waals surface area contributed by atoms with Crippen LogP contribution in [0.3, 0.4) is 0 Å². The third-order valence-electron chi connectivity index (χ3n) is 4.56. The fraction of sp³-hybridized carbons (Fsp3) is 0.389. The Morgan fingerprint density at radius 1 is 1.28 bits per heavy atom. The molecule has 1 aliphatic rings. The van der Waals surface area contributed by atoms with Crippen molar-refractivity contribution in [1.29, 1.82) is 0 Å². The van der Waals surface area contributed by atoms with Crippen molar-refractivity contribution >= 4 is 5.65 Å². The lowest BCUT2D eigenvalue weighted by molar-refractivity contribution is 0.146. The van der Waals surface area contributed by atoms with Crippen LogP contribution < -0.4 is 4.74 Å². The summed E-state index contributed by atoms with van der Waals surface area (Å²) in [5, 5.41) is 4.48. The molecular weight excluding hydrogens is 321 g/mol. The molecule has 0 N–H and O–H groups in total. The van der Waals surface area contributed by atoms with Gasteiger partial charge in [-0.3, -0.25) is 0 Å². The fourth-order valence-corrected chi connectivity index (χ4v) is 3.31. The van der Waals surface area contributed by atoms with Gasteiger partial charge < -0.3 is 9.64 Å². The number of pyridine rings is 1. The second-order valence-corrected chi connectivity index (χ2v) is 6.51. The van der Waals surface area contributed by atoms with Gasteiger partial charge >= 0.3 is 0 Å². The molecule has 4 heterocycles. The van der Waals surface area contributed by atoms with Crippen molar-refractivity contribution in [1.82, 2.24) is 24.5 Å². The number of halogens is 1. The van der Waals surface area contributed by atoms with Crippen molar-refractivity contribution in [3.63, 3.8) is 0 Å². The monoisotopic (exact) mass is 341 g/mol. The predicted molar refractivity (Wildman–Crippen MR) is 91.9 cm³/mol. The molecular formula is C18H20FN5O. The van der Waals surface area contributed by atoms with Crippen molar-refractivity contribution < 1.29 is 9.13 Å². The first-order chi connectivity index (χ1) is 12.2. The maximum absolute atomic E-state index is 14.0. The molecule has 0 aliphatic carbocycles. The van der Waals surface area contributed by atoms with Crippen molar-refractivity contribution in [2.24, 2.45) is 5.92 Å². The number of fused-ring (bicyclic) bond motifs is 1. The van der Waals surface area contributed by atoms with Gasteiger partial charge in [-0.2, -0.15) is 4.39 Å². The van der Waals surface area contributed by atoms with Crippen molar-refractivity contribution in [2.75, 3.05) is 26.7 Å². The smallest absolute Gasteiger partial charge is 0.231 e. The van der Waals surface area contributed by atoms with E-state index in [1.54, 1.807) is 28.9 Å². The Morgan fingerprint density at radius 3 is 3.04 bits per heavy atom. The highest BCUT2D eigenvalue weighted by molar-refractivity contribution is 5.62. The Labute approximate surface area is 145 Å². The summed E-state index contributed by atoms with van der Waals surface area (Å²) in [6, 6.07) is 6.99. The quantitative estimate of drug-likeness (QED) is 0.683. The lowest BCUT2D eigenvalue weighted by atomic mass is 10.00. The minimum Gasteiger partial charge on any atom is -0.476 e. The first-order valence-electron chi connectivity index (χ1n) is 8.48. The van der Waals surface area contributed by atoms with Crippen molar-refractivity contribution in [3.8, 4) is 17.1 Å². The van der Waals surface area contributed by atoms with E-state index in [4.69, 9.17) is 4.74 Å². The summed E-state index contributed by atoms with van der Waals surface area (Å²) in [6.07, 6.45) is 5.39. The highest BCUT2D eigenvalue weighted by atomic mass is 19.1. The molecule has 0 amide bonds. The molecule has 6 nitrogen and oxygen atoms in total. The number of aromatic nitrogens is 4. The first-order valence-corrected chi connectivity index (χ1v) is 8.48.